The number of H-pyrrole nitrogens is 1. The second-order valence-electron chi connectivity index (χ2n) is 4.28. The van der Waals surface area contributed by atoms with Crippen molar-refractivity contribution in [2.24, 2.45) is 0 Å². The first kappa shape index (κ1) is 13.9. The van der Waals surface area contributed by atoms with Crippen molar-refractivity contribution in [3.8, 4) is 5.75 Å². The van der Waals surface area contributed by atoms with E-state index in [4.69, 9.17) is 4.74 Å². The topological polar surface area (TPSA) is 79.0 Å². The van der Waals surface area contributed by atoms with Gasteiger partial charge in [-0.3, -0.25) is 10.4 Å². The molecule has 0 fully saturated rings. The van der Waals surface area contributed by atoms with Gasteiger partial charge in [-0.2, -0.15) is 5.10 Å². The van der Waals surface area contributed by atoms with Crippen LogP contribution in [0.5, 0.6) is 5.75 Å². The number of hydrogen-bond donors (Lipinski definition) is 3. The van der Waals surface area contributed by atoms with Crippen LogP contribution in [-0.2, 0) is 0 Å². The number of benzene rings is 1. The van der Waals surface area contributed by atoms with E-state index in [-0.39, 0.29) is 6.03 Å². The van der Waals surface area contributed by atoms with Crippen LogP contribution in [0.25, 0.3) is 0 Å². The molecule has 0 aliphatic carbocycles. The molecule has 6 heteroatoms. The van der Waals surface area contributed by atoms with Crippen LogP contribution in [0.15, 0.2) is 36.5 Å². The molecule has 1 aromatic heterocycles. The summed E-state index contributed by atoms with van der Waals surface area (Å²) in [5.74, 6) is 1.35. The molecule has 3 N–H and O–H groups in total. The molecule has 1 heterocycles. The van der Waals surface area contributed by atoms with Gasteiger partial charge in [-0.05, 0) is 30.7 Å². The van der Waals surface area contributed by atoms with Gasteiger partial charge in [0.25, 0.3) is 0 Å². The third-order valence-electron chi connectivity index (χ3n) is 2.63. The van der Waals surface area contributed by atoms with Gasteiger partial charge in [-0.25, -0.2) is 4.79 Å². The summed E-state index contributed by atoms with van der Waals surface area (Å²) in [6, 6.07) is 8.61. The SMILES string of the molecule is CCCCOc1ccc(NC(=O)Nc2ccn[nH]2)cc1. The van der Waals surface area contributed by atoms with Crippen molar-refractivity contribution < 1.29 is 9.53 Å². The fourth-order valence-electron chi connectivity index (χ4n) is 1.58. The molecule has 0 aliphatic heterocycles. The Hall–Kier alpha value is -2.50. The smallest absolute Gasteiger partial charge is 0.324 e. The van der Waals surface area contributed by atoms with E-state index in [2.05, 4.69) is 27.8 Å². The molecule has 0 radical (unpaired) electrons. The molecule has 0 saturated carbocycles. The van der Waals surface area contributed by atoms with Crippen LogP contribution in [0, 0.1) is 0 Å². The zero-order chi connectivity index (χ0) is 14.2. The predicted molar refractivity (Wildman–Crippen MR) is 78.1 cm³/mol. The summed E-state index contributed by atoms with van der Waals surface area (Å²) >= 11 is 0. The van der Waals surface area contributed by atoms with Crippen molar-refractivity contribution in [2.75, 3.05) is 17.2 Å². The maximum absolute atomic E-state index is 11.7. The zero-order valence-corrected chi connectivity index (χ0v) is 11.3. The molecular formula is C14H18N4O2. The van der Waals surface area contributed by atoms with Crippen LogP contribution < -0.4 is 15.4 Å². The maximum atomic E-state index is 11.7. The van der Waals surface area contributed by atoms with E-state index in [9.17, 15) is 4.79 Å². The number of ether oxygens (including phenoxy) is 1. The van der Waals surface area contributed by atoms with Crippen molar-refractivity contribution in [2.45, 2.75) is 19.8 Å². The van der Waals surface area contributed by atoms with Gasteiger partial charge in [-0.15, -0.1) is 0 Å². The second kappa shape index (κ2) is 7.18. The molecular weight excluding hydrogens is 256 g/mol. The molecule has 0 unspecified atom stereocenters. The minimum absolute atomic E-state index is 0.325. The summed E-state index contributed by atoms with van der Waals surface area (Å²) in [5, 5.41) is 11.7. The maximum Gasteiger partial charge on any atom is 0.324 e. The lowest BCUT2D eigenvalue weighted by Crippen LogP contribution is -2.19. The number of urea groups is 1. The first-order chi connectivity index (χ1) is 9.78. The summed E-state index contributed by atoms with van der Waals surface area (Å²) < 4.78 is 5.55. The van der Waals surface area contributed by atoms with Crippen LogP contribution in [0.2, 0.25) is 0 Å². The quantitative estimate of drug-likeness (QED) is 0.707. The van der Waals surface area contributed by atoms with E-state index in [1.165, 1.54) is 0 Å². The van der Waals surface area contributed by atoms with E-state index in [1.807, 2.05) is 12.1 Å². The Bertz CT molecular complexity index is 523. The summed E-state index contributed by atoms with van der Waals surface area (Å²) in [7, 11) is 0. The van der Waals surface area contributed by atoms with E-state index in [0.717, 1.165) is 18.6 Å². The van der Waals surface area contributed by atoms with Crippen LogP contribution in [0.1, 0.15) is 19.8 Å². The molecule has 0 atom stereocenters. The Morgan fingerprint density at radius 1 is 1.25 bits per heavy atom. The highest BCUT2D eigenvalue weighted by Crippen LogP contribution is 2.16. The van der Waals surface area contributed by atoms with Crippen molar-refractivity contribution in [1.82, 2.24) is 10.2 Å². The summed E-state index contributed by atoms with van der Waals surface area (Å²) in [4.78, 5) is 11.7. The van der Waals surface area contributed by atoms with Crippen molar-refractivity contribution in [1.29, 1.82) is 0 Å². The fourth-order valence-corrected chi connectivity index (χ4v) is 1.58. The number of amides is 2. The van der Waals surface area contributed by atoms with Crippen molar-refractivity contribution >= 4 is 17.5 Å². The molecule has 2 amide bonds. The van der Waals surface area contributed by atoms with Gasteiger partial charge in [-0.1, -0.05) is 13.3 Å². The van der Waals surface area contributed by atoms with E-state index in [0.29, 0.717) is 18.1 Å². The van der Waals surface area contributed by atoms with Crippen LogP contribution >= 0.6 is 0 Å². The van der Waals surface area contributed by atoms with Gasteiger partial charge >= 0.3 is 6.03 Å². The molecule has 106 valence electrons. The van der Waals surface area contributed by atoms with Gasteiger partial charge in [0.15, 0.2) is 0 Å². The molecule has 0 aliphatic rings. The lowest BCUT2D eigenvalue weighted by molar-refractivity contribution is 0.262. The van der Waals surface area contributed by atoms with Gasteiger partial charge in [0.05, 0.1) is 12.8 Å². The van der Waals surface area contributed by atoms with Crippen molar-refractivity contribution in [3.63, 3.8) is 0 Å². The van der Waals surface area contributed by atoms with E-state index < -0.39 is 0 Å². The number of nitrogens with zero attached hydrogens (tertiary/aromatic N) is 1. The number of carbonyl (C=O) groups excluding carboxylic acids is 1. The molecule has 2 aromatic rings. The molecule has 0 spiro atoms. The molecule has 2 rings (SSSR count). The fraction of sp³-hybridized carbons (Fsp3) is 0.286. The predicted octanol–water partition coefficient (Wildman–Crippen LogP) is 3.23. The Labute approximate surface area is 117 Å². The molecule has 6 nitrogen and oxygen atoms in total. The lowest BCUT2D eigenvalue weighted by atomic mass is 10.3. The third kappa shape index (κ3) is 4.31. The van der Waals surface area contributed by atoms with E-state index in [1.54, 1.807) is 24.4 Å². The van der Waals surface area contributed by atoms with Gasteiger partial charge in [0.2, 0.25) is 0 Å². The Kier molecular flexibility index (Phi) is 5.00. The van der Waals surface area contributed by atoms with E-state index >= 15 is 0 Å². The minimum atomic E-state index is -0.325. The number of anilines is 2. The lowest BCUT2D eigenvalue weighted by Gasteiger charge is -2.08. The Morgan fingerprint density at radius 3 is 2.70 bits per heavy atom. The van der Waals surface area contributed by atoms with Gasteiger partial charge in [0.1, 0.15) is 11.6 Å². The Balaban J connectivity index is 1.82. The number of aromatic amines is 1. The summed E-state index contributed by atoms with van der Waals surface area (Å²) in [6.45, 7) is 2.83. The zero-order valence-electron chi connectivity index (χ0n) is 11.3. The highest BCUT2D eigenvalue weighted by atomic mass is 16.5. The summed E-state index contributed by atoms with van der Waals surface area (Å²) in [6.07, 6.45) is 3.71. The molecule has 20 heavy (non-hydrogen) atoms. The first-order valence-electron chi connectivity index (χ1n) is 6.58. The number of aromatic nitrogens is 2. The summed E-state index contributed by atoms with van der Waals surface area (Å²) in [5.41, 5.74) is 0.699. The minimum Gasteiger partial charge on any atom is -0.494 e. The largest absolute Gasteiger partial charge is 0.494 e. The average Bonchev–Trinajstić information content (AvgIpc) is 2.94. The highest BCUT2D eigenvalue weighted by Gasteiger charge is 2.03. The molecule has 1 aromatic carbocycles. The number of hydrogen-bond acceptors (Lipinski definition) is 3. The monoisotopic (exact) mass is 274 g/mol. The van der Waals surface area contributed by atoms with Gasteiger partial charge in [0, 0.05) is 11.8 Å². The van der Waals surface area contributed by atoms with Crippen LogP contribution in [-0.4, -0.2) is 22.8 Å². The Morgan fingerprint density at radius 2 is 2.05 bits per heavy atom. The van der Waals surface area contributed by atoms with Crippen LogP contribution in [0.4, 0.5) is 16.3 Å². The molecule has 0 bridgehead atoms. The standard InChI is InChI=1S/C14H18N4O2/c1-2-3-10-20-12-6-4-11(5-7-12)16-14(19)17-13-8-9-15-18-13/h4-9H,2-3,10H2,1H3,(H3,15,16,17,18,19). The van der Waals surface area contributed by atoms with Crippen LogP contribution in [0.3, 0.4) is 0 Å². The number of unbranched alkanes of at least 4 members (excludes halogenated alkanes) is 1. The highest BCUT2D eigenvalue weighted by molar-refractivity contribution is 5.99. The number of rotatable bonds is 6. The molecule has 0 saturated heterocycles. The van der Waals surface area contributed by atoms with Gasteiger partial charge < -0.3 is 10.1 Å². The van der Waals surface area contributed by atoms with Crippen molar-refractivity contribution in [3.05, 3.63) is 36.5 Å². The average molecular weight is 274 g/mol. The normalized spacial score (nSPS) is 10.1. The second-order valence-corrected chi connectivity index (χ2v) is 4.28. The number of carbonyl (C=O) groups is 1. The first-order valence-corrected chi connectivity index (χ1v) is 6.58. The third-order valence-corrected chi connectivity index (χ3v) is 2.63. The number of nitrogens with one attached hydrogen (secondary N) is 3.